The van der Waals surface area contributed by atoms with Gasteiger partial charge in [-0.1, -0.05) is 24.3 Å². The molecule has 0 radical (unpaired) electrons. The summed E-state index contributed by atoms with van der Waals surface area (Å²) in [6, 6.07) is 14.7. The molecular weight excluding hydrogens is 362 g/mol. The third-order valence-electron chi connectivity index (χ3n) is 4.71. The van der Waals surface area contributed by atoms with Crippen LogP contribution < -0.4 is 11.1 Å². The Hall–Kier alpha value is -2.53. The van der Waals surface area contributed by atoms with Crippen LogP contribution in [-0.2, 0) is 11.2 Å². The van der Waals surface area contributed by atoms with E-state index in [9.17, 15) is 9.59 Å². The second kappa shape index (κ2) is 9.97. The van der Waals surface area contributed by atoms with Gasteiger partial charge in [0.05, 0.1) is 0 Å². The predicted molar refractivity (Wildman–Crippen MR) is 111 cm³/mol. The number of carbonyl (C=O) groups excluding carboxylic acids is 2. The van der Waals surface area contributed by atoms with Crippen molar-refractivity contribution in [3.8, 4) is 0 Å². The van der Waals surface area contributed by atoms with Gasteiger partial charge < -0.3 is 16.0 Å². The van der Waals surface area contributed by atoms with E-state index in [0.717, 1.165) is 31.5 Å². The number of likely N-dealkylation sites (tertiary alicyclic amines) is 1. The third kappa shape index (κ3) is 5.73. The lowest BCUT2D eigenvalue weighted by molar-refractivity contribution is -0.116. The van der Waals surface area contributed by atoms with Gasteiger partial charge >= 0.3 is 0 Å². The summed E-state index contributed by atoms with van der Waals surface area (Å²) < 4.78 is 0. The molecule has 27 heavy (non-hydrogen) atoms. The quantitative estimate of drug-likeness (QED) is 0.764. The Morgan fingerprint density at radius 2 is 1.74 bits per heavy atom. The Morgan fingerprint density at radius 1 is 1.00 bits per heavy atom. The van der Waals surface area contributed by atoms with Crippen LogP contribution in [0, 0.1) is 0 Å². The summed E-state index contributed by atoms with van der Waals surface area (Å²) in [5, 5.41) is 2.88. The van der Waals surface area contributed by atoms with Crippen molar-refractivity contribution in [1.29, 1.82) is 0 Å². The number of benzene rings is 2. The van der Waals surface area contributed by atoms with Crippen molar-refractivity contribution in [2.24, 2.45) is 0 Å². The first-order chi connectivity index (χ1) is 12.6. The fraction of sp³-hybridized carbons (Fsp3) is 0.333. The summed E-state index contributed by atoms with van der Waals surface area (Å²) in [7, 11) is 0. The van der Waals surface area contributed by atoms with E-state index in [2.05, 4.69) is 5.32 Å². The topological polar surface area (TPSA) is 75.4 Å². The molecule has 1 aliphatic rings. The van der Waals surface area contributed by atoms with Crippen LogP contribution in [-0.4, -0.2) is 29.8 Å². The second-order valence-electron chi connectivity index (χ2n) is 6.68. The number of rotatable bonds is 5. The lowest BCUT2D eigenvalue weighted by Crippen LogP contribution is -2.35. The number of anilines is 2. The van der Waals surface area contributed by atoms with Gasteiger partial charge in [0.2, 0.25) is 5.91 Å². The van der Waals surface area contributed by atoms with Gasteiger partial charge in [0, 0.05) is 36.4 Å². The van der Waals surface area contributed by atoms with Gasteiger partial charge in [0.1, 0.15) is 0 Å². The molecule has 0 unspecified atom stereocenters. The summed E-state index contributed by atoms with van der Waals surface area (Å²) in [5.74, 6) is -0.0475. The van der Waals surface area contributed by atoms with Gasteiger partial charge in [-0.25, -0.2) is 0 Å². The molecule has 1 aliphatic heterocycles. The van der Waals surface area contributed by atoms with Gasteiger partial charge in [-0.3, -0.25) is 9.59 Å². The number of hydrogen-bond donors (Lipinski definition) is 2. The van der Waals surface area contributed by atoms with Crippen molar-refractivity contribution >= 4 is 35.6 Å². The maximum atomic E-state index is 12.6. The van der Waals surface area contributed by atoms with Crippen LogP contribution in [0.5, 0.6) is 0 Å². The molecule has 1 saturated heterocycles. The van der Waals surface area contributed by atoms with E-state index >= 15 is 0 Å². The van der Waals surface area contributed by atoms with Gasteiger partial charge in [-0.05, 0) is 55.5 Å². The number of piperidine rings is 1. The van der Waals surface area contributed by atoms with Crippen LogP contribution in [0.4, 0.5) is 11.4 Å². The molecule has 3 rings (SSSR count). The molecule has 2 amide bonds. The zero-order valence-electron chi connectivity index (χ0n) is 15.3. The van der Waals surface area contributed by atoms with Crippen molar-refractivity contribution in [2.75, 3.05) is 24.1 Å². The minimum absolute atomic E-state index is 0. The highest BCUT2D eigenvalue weighted by Gasteiger charge is 2.18. The summed E-state index contributed by atoms with van der Waals surface area (Å²) in [6.07, 6.45) is 4.24. The lowest BCUT2D eigenvalue weighted by Gasteiger charge is -2.26. The number of hydrogen-bond acceptors (Lipinski definition) is 3. The standard InChI is InChI=1S/C21H25N3O2.ClH/c22-19-10-3-2-7-16(19)11-12-20(25)23-18-9-6-8-17(15-18)21(26)24-13-4-1-5-14-24;/h2-3,6-10,15H,1,4-5,11-14,22H2,(H,23,25);1H. The fourth-order valence-electron chi connectivity index (χ4n) is 3.24. The van der Waals surface area contributed by atoms with Gasteiger partial charge in [-0.15, -0.1) is 12.4 Å². The largest absolute Gasteiger partial charge is 0.399 e. The molecule has 1 fully saturated rings. The summed E-state index contributed by atoms with van der Waals surface area (Å²) in [5.41, 5.74) is 8.86. The Bertz CT molecular complexity index is 789. The molecular formula is C21H26ClN3O2. The number of nitrogens with one attached hydrogen (secondary N) is 1. The Balaban J connectivity index is 0.00000261. The normalized spacial score (nSPS) is 13.6. The van der Waals surface area contributed by atoms with Gasteiger partial charge in [0.25, 0.3) is 5.91 Å². The highest BCUT2D eigenvalue weighted by Crippen LogP contribution is 2.17. The Kier molecular flexibility index (Phi) is 7.67. The van der Waals surface area contributed by atoms with E-state index in [0.29, 0.717) is 29.8 Å². The number of amides is 2. The highest BCUT2D eigenvalue weighted by molar-refractivity contribution is 5.97. The van der Waals surface area contributed by atoms with Crippen molar-refractivity contribution in [1.82, 2.24) is 4.90 Å². The molecule has 5 nitrogen and oxygen atoms in total. The van der Waals surface area contributed by atoms with Crippen molar-refractivity contribution in [3.05, 3.63) is 59.7 Å². The molecule has 0 aliphatic carbocycles. The first-order valence-corrected chi connectivity index (χ1v) is 9.16. The first-order valence-electron chi connectivity index (χ1n) is 9.16. The Labute approximate surface area is 166 Å². The predicted octanol–water partition coefficient (Wildman–Crippen LogP) is 3.89. The van der Waals surface area contributed by atoms with E-state index in [1.807, 2.05) is 41.3 Å². The number of nitrogens with two attached hydrogens (primary N) is 1. The monoisotopic (exact) mass is 387 g/mol. The van der Waals surface area contributed by atoms with E-state index in [4.69, 9.17) is 5.73 Å². The molecule has 1 heterocycles. The van der Waals surface area contributed by atoms with E-state index in [1.165, 1.54) is 6.42 Å². The second-order valence-corrected chi connectivity index (χ2v) is 6.68. The molecule has 0 saturated carbocycles. The number of para-hydroxylation sites is 1. The van der Waals surface area contributed by atoms with E-state index in [-0.39, 0.29) is 24.2 Å². The first kappa shape index (κ1) is 20.8. The van der Waals surface area contributed by atoms with Crippen LogP contribution >= 0.6 is 12.4 Å². The molecule has 2 aromatic rings. The molecule has 0 aromatic heterocycles. The number of carbonyl (C=O) groups is 2. The Morgan fingerprint density at radius 3 is 2.48 bits per heavy atom. The lowest BCUT2D eigenvalue weighted by atomic mass is 10.1. The van der Waals surface area contributed by atoms with E-state index < -0.39 is 0 Å². The van der Waals surface area contributed by atoms with Crippen molar-refractivity contribution < 1.29 is 9.59 Å². The number of nitrogens with zero attached hydrogens (tertiary/aromatic N) is 1. The average Bonchev–Trinajstić information content (AvgIpc) is 2.68. The summed E-state index contributed by atoms with van der Waals surface area (Å²) in [6.45, 7) is 1.63. The zero-order valence-corrected chi connectivity index (χ0v) is 16.1. The fourth-order valence-corrected chi connectivity index (χ4v) is 3.24. The van der Waals surface area contributed by atoms with Crippen LogP contribution in [0.25, 0.3) is 0 Å². The van der Waals surface area contributed by atoms with Gasteiger partial charge in [0.15, 0.2) is 0 Å². The number of aryl methyl sites for hydroxylation is 1. The minimum Gasteiger partial charge on any atom is -0.399 e. The molecule has 0 atom stereocenters. The maximum Gasteiger partial charge on any atom is 0.253 e. The number of halogens is 1. The van der Waals surface area contributed by atoms with Crippen molar-refractivity contribution in [2.45, 2.75) is 32.1 Å². The molecule has 0 bridgehead atoms. The summed E-state index contributed by atoms with van der Waals surface area (Å²) >= 11 is 0. The van der Waals surface area contributed by atoms with Gasteiger partial charge in [-0.2, -0.15) is 0 Å². The molecule has 3 N–H and O–H groups in total. The molecule has 144 valence electrons. The maximum absolute atomic E-state index is 12.6. The minimum atomic E-state index is -0.0872. The van der Waals surface area contributed by atoms with Crippen LogP contribution in [0.2, 0.25) is 0 Å². The average molecular weight is 388 g/mol. The van der Waals surface area contributed by atoms with Crippen molar-refractivity contribution in [3.63, 3.8) is 0 Å². The van der Waals surface area contributed by atoms with Crippen LogP contribution in [0.3, 0.4) is 0 Å². The molecule has 6 heteroatoms. The van der Waals surface area contributed by atoms with Crippen LogP contribution in [0.1, 0.15) is 41.6 Å². The SMILES string of the molecule is Cl.Nc1ccccc1CCC(=O)Nc1cccc(C(=O)N2CCCCC2)c1. The highest BCUT2D eigenvalue weighted by atomic mass is 35.5. The van der Waals surface area contributed by atoms with E-state index in [1.54, 1.807) is 12.1 Å². The zero-order chi connectivity index (χ0) is 18.4. The smallest absolute Gasteiger partial charge is 0.253 e. The van der Waals surface area contributed by atoms with Crippen LogP contribution in [0.15, 0.2) is 48.5 Å². The molecule has 0 spiro atoms. The summed E-state index contributed by atoms with van der Waals surface area (Å²) in [4.78, 5) is 26.7. The molecule has 2 aromatic carbocycles. The third-order valence-corrected chi connectivity index (χ3v) is 4.71. The number of nitrogen functional groups attached to an aromatic ring is 1.